The summed E-state index contributed by atoms with van der Waals surface area (Å²) in [4.78, 5) is 13.5. The highest BCUT2D eigenvalue weighted by Gasteiger charge is 2.30. The Morgan fingerprint density at radius 3 is 2.79 bits per heavy atom. The van der Waals surface area contributed by atoms with Crippen LogP contribution >= 0.6 is 0 Å². The van der Waals surface area contributed by atoms with Gasteiger partial charge in [0.15, 0.2) is 0 Å². The number of hydrogen-bond acceptors (Lipinski definition) is 2. The molecule has 3 nitrogen and oxygen atoms in total. The van der Waals surface area contributed by atoms with Crippen molar-refractivity contribution in [2.45, 2.75) is 32.2 Å². The molecule has 2 N–H and O–H groups in total. The van der Waals surface area contributed by atoms with E-state index in [0.29, 0.717) is 18.9 Å². The maximum Gasteiger partial charge on any atom is 0.224 e. The van der Waals surface area contributed by atoms with E-state index >= 15 is 0 Å². The highest BCUT2D eigenvalue weighted by molar-refractivity contribution is 5.77. The number of rotatable bonds is 6. The molecule has 0 radical (unpaired) electrons. The van der Waals surface area contributed by atoms with Crippen molar-refractivity contribution < 1.29 is 4.79 Å². The van der Waals surface area contributed by atoms with Crippen LogP contribution in [0.25, 0.3) is 0 Å². The van der Waals surface area contributed by atoms with E-state index in [1.165, 1.54) is 12.8 Å². The molecule has 0 aromatic rings. The van der Waals surface area contributed by atoms with Crippen LogP contribution in [0.5, 0.6) is 0 Å². The number of carbonyl (C=O) groups excluding carboxylic acids is 1. The molecule has 1 rings (SSSR count). The van der Waals surface area contributed by atoms with Gasteiger partial charge in [0.25, 0.3) is 0 Å². The van der Waals surface area contributed by atoms with Crippen molar-refractivity contribution in [3.8, 4) is 0 Å². The Kier molecular flexibility index (Phi) is 4.14. The summed E-state index contributed by atoms with van der Waals surface area (Å²) in [5.41, 5.74) is 5.90. The van der Waals surface area contributed by atoms with Crippen LogP contribution in [0.1, 0.15) is 26.2 Å². The van der Waals surface area contributed by atoms with Crippen molar-refractivity contribution in [3.05, 3.63) is 12.7 Å². The molecule has 3 heteroatoms. The van der Waals surface area contributed by atoms with Gasteiger partial charge < -0.3 is 10.6 Å². The van der Waals surface area contributed by atoms with Gasteiger partial charge in [0.1, 0.15) is 0 Å². The van der Waals surface area contributed by atoms with Gasteiger partial charge in [-0.1, -0.05) is 6.08 Å². The van der Waals surface area contributed by atoms with E-state index in [2.05, 4.69) is 6.58 Å². The van der Waals surface area contributed by atoms with Crippen molar-refractivity contribution in [2.75, 3.05) is 13.1 Å². The summed E-state index contributed by atoms with van der Waals surface area (Å²) in [6, 6.07) is 0.0707. The minimum atomic E-state index is 0.0707. The third-order valence-electron chi connectivity index (χ3n) is 2.72. The summed E-state index contributed by atoms with van der Waals surface area (Å²) in [6.07, 6.45) is 4.64. The van der Waals surface area contributed by atoms with E-state index in [9.17, 15) is 4.79 Å². The zero-order valence-corrected chi connectivity index (χ0v) is 8.91. The van der Waals surface area contributed by atoms with Crippen molar-refractivity contribution in [3.63, 3.8) is 0 Å². The van der Waals surface area contributed by atoms with Crippen LogP contribution in [0, 0.1) is 5.92 Å². The summed E-state index contributed by atoms with van der Waals surface area (Å²) in [7, 11) is 0. The Morgan fingerprint density at radius 2 is 2.36 bits per heavy atom. The van der Waals surface area contributed by atoms with Crippen LogP contribution in [0.15, 0.2) is 12.7 Å². The van der Waals surface area contributed by atoms with Gasteiger partial charge in [0, 0.05) is 25.6 Å². The normalized spacial score (nSPS) is 17.6. The minimum absolute atomic E-state index is 0.0707. The Hall–Kier alpha value is -0.830. The number of hydrogen-bond donors (Lipinski definition) is 1. The Labute approximate surface area is 86.0 Å². The quantitative estimate of drug-likeness (QED) is 0.648. The molecule has 0 aliphatic heterocycles. The molecule has 1 unspecified atom stereocenters. The van der Waals surface area contributed by atoms with Crippen molar-refractivity contribution in [2.24, 2.45) is 11.7 Å². The number of likely N-dealkylation sites (N-methyl/N-ethyl adjacent to an activating group) is 1. The monoisotopic (exact) mass is 196 g/mol. The van der Waals surface area contributed by atoms with Crippen LogP contribution in [0.3, 0.4) is 0 Å². The van der Waals surface area contributed by atoms with Gasteiger partial charge in [-0.25, -0.2) is 0 Å². The van der Waals surface area contributed by atoms with Crippen LogP contribution in [-0.2, 0) is 4.79 Å². The molecular weight excluding hydrogens is 176 g/mol. The van der Waals surface area contributed by atoms with Crippen LogP contribution < -0.4 is 5.73 Å². The first kappa shape index (κ1) is 11.2. The fourth-order valence-electron chi connectivity index (χ4n) is 1.58. The van der Waals surface area contributed by atoms with Gasteiger partial charge in [-0.2, -0.15) is 0 Å². The molecule has 1 aliphatic carbocycles. The van der Waals surface area contributed by atoms with Crippen molar-refractivity contribution >= 4 is 5.91 Å². The molecule has 0 saturated heterocycles. The van der Waals surface area contributed by atoms with E-state index < -0.39 is 0 Å². The first-order valence-electron chi connectivity index (χ1n) is 5.33. The fourth-order valence-corrected chi connectivity index (χ4v) is 1.58. The molecule has 1 fully saturated rings. The van der Waals surface area contributed by atoms with E-state index in [0.717, 1.165) is 6.54 Å². The second-order valence-corrected chi connectivity index (χ2v) is 3.93. The molecule has 80 valence electrons. The summed E-state index contributed by atoms with van der Waals surface area (Å²) in [5.74, 6) is 0.758. The maximum atomic E-state index is 11.7. The van der Waals surface area contributed by atoms with E-state index in [1.54, 1.807) is 11.0 Å². The Balaban J connectivity index is 2.33. The molecule has 0 aromatic carbocycles. The first-order valence-corrected chi connectivity index (χ1v) is 5.33. The summed E-state index contributed by atoms with van der Waals surface area (Å²) in [6.45, 7) is 6.98. The fraction of sp³-hybridized carbons (Fsp3) is 0.727. The average molecular weight is 196 g/mol. The van der Waals surface area contributed by atoms with Crippen LogP contribution in [-0.4, -0.2) is 29.9 Å². The lowest BCUT2D eigenvalue weighted by Crippen LogP contribution is -2.36. The topological polar surface area (TPSA) is 46.3 Å². The molecule has 1 atom stereocenters. The first-order chi connectivity index (χ1) is 6.69. The molecule has 1 amide bonds. The van der Waals surface area contributed by atoms with E-state index in [1.807, 2.05) is 6.92 Å². The third kappa shape index (κ3) is 3.14. The predicted molar refractivity (Wildman–Crippen MR) is 57.8 cm³/mol. The average Bonchev–Trinajstić information content (AvgIpc) is 2.96. The van der Waals surface area contributed by atoms with Crippen LogP contribution in [0.2, 0.25) is 0 Å². The third-order valence-corrected chi connectivity index (χ3v) is 2.72. The zero-order chi connectivity index (χ0) is 10.6. The highest BCUT2D eigenvalue weighted by Crippen LogP contribution is 2.32. The second kappa shape index (κ2) is 5.15. The molecule has 14 heavy (non-hydrogen) atoms. The molecule has 0 heterocycles. The number of nitrogens with zero attached hydrogens (tertiary/aromatic N) is 1. The lowest BCUT2D eigenvalue weighted by atomic mass is 10.1. The van der Waals surface area contributed by atoms with Gasteiger partial charge >= 0.3 is 0 Å². The van der Waals surface area contributed by atoms with Gasteiger partial charge in [-0.05, 0) is 25.7 Å². The molecule has 0 aromatic heterocycles. The van der Waals surface area contributed by atoms with Crippen molar-refractivity contribution in [1.29, 1.82) is 0 Å². The lowest BCUT2D eigenvalue weighted by molar-refractivity contribution is -0.130. The lowest BCUT2D eigenvalue weighted by Gasteiger charge is -2.20. The molecule has 1 saturated carbocycles. The second-order valence-electron chi connectivity index (χ2n) is 3.93. The standard InChI is InChI=1S/C11H20N2O/c1-3-7-13(4-2)11(14)8-10(12)9-5-6-9/h3,9-10H,1,4-8,12H2,2H3. The summed E-state index contributed by atoms with van der Waals surface area (Å²) in [5, 5.41) is 0. The minimum Gasteiger partial charge on any atom is -0.339 e. The predicted octanol–water partition coefficient (Wildman–Crippen LogP) is 1.15. The van der Waals surface area contributed by atoms with E-state index in [4.69, 9.17) is 5.73 Å². The molecule has 0 spiro atoms. The highest BCUT2D eigenvalue weighted by atomic mass is 16.2. The largest absolute Gasteiger partial charge is 0.339 e. The van der Waals surface area contributed by atoms with Crippen LogP contribution in [0.4, 0.5) is 0 Å². The molecule has 1 aliphatic rings. The maximum absolute atomic E-state index is 11.7. The number of nitrogens with two attached hydrogens (primary N) is 1. The number of carbonyl (C=O) groups is 1. The Bertz CT molecular complexity index is 211. The van der Waals surface area contributed by atoms with Gasteiger partial charge in [0.2, 0.25) is 5.91 Å². The smallest absolute Gasteiger partial charge is 0.224 e. The SMILES string of the molecule is C=CCN(CC)C(=O)CC(N)C1CC1. The summed E-state index contributed by atoms with van der Waals surface area (Å²) >= 11 is 0. The Morgan fingerprint density at radius 1 is 1.71 bits per heavy atom. The molecular formula is C11H20N2O. The number of amides is 1. The van der Waals surface area contributed by atoms with Crippen molar-refractivity contribution in [1.82, 2.24) is 4.90 Å². The van der Waals surface area contributed by atoms with Gasteiger partial charge in [0.05, 0.1) is 0 Å². The van der Waals surface area contributed by atoms with E-state index in [-0.39, 0.29) is 11.9 Å². The van der Waals surface area contributed by atoms with Gasteiger partial charge in [-0.3, -0.25) is 4.79 Å². The molecule has 0 bridgehead atoms. The van der Waals surface area contributed by atoms with Gasteiger partial charge in [-0.15, -0.1) is 6.58 Å². The summed E-state index contributed by atoms with van der Waals surface area (Å²) < 4.78 is 0. The zero-order valence-electron chi connectivity index (χ0n) is 8.91.